The zero-order valence-corrected chi connectivity index (χ0v) is 11.6. The Morgan fingerprint density at radius 2 is 2.26 bits per heavy atom. The maximum Gasteiger partial charge on any atom is 0.326 e. The summed E-state index contributed by atoms with van der Waals surface area (Å²) in [7, 11) is 0. The van der Waals surface area contributed by atoms with E-state index in [4.69, 9.17) is 5.11 Å². The fraction of sp³-hybridized carbons (Fsp3) is 0.667. The molecule has 104 valence electrons. The quantitative estimate of drug-likeness (QED) is 0.790. The zero-order chi connectivity index (χ0) is 13.8. The molecule has 19 heavy (non-hydrogen) atoms. The average molecular weight is 283 g/mol. The van der Waals surface area contributed by atoms with E-state index < -0.39 is 12.0 Å². The highest BCUT2D eigenvalue weighted by Crippen LogP contribution is 2.33. The number of carboxylic acids is 1. The Labute approximate surface area is 115 Å². The molecule has 1 amide bonds. The Morgan fingerprint density at radius 1 is 1.53 bits per heavy atom. The van der Waals surface area contributed by atoms with Gasteiger partial charge in [-0.25, -0.2) is 4.79 Å². The predicted molar refractivity (Wildman–Crippen MR) is 70.1 cm³/mol. The number of carbonyl (C=O) groups is 2. The number of aliphatic carboxylic acids is 1. The third-order valence-electron chi connectivity index (χ3n) is 3.12. The van der Waals surface area contributed by atoms with Gasteiger partial charge in [-0.2, -0.15) is 0 Å². The molecule has 2 rings (SSSR count). The first kappa shape index (κ1) is 13.9. The van der Waals surface area contributed by atoms with Gasteiger partial charge in [0.15, 0.2) is 0 Å². The molecule has 7 heteroatoms. The van der Waals surface area contributed by atoms with Crippen LogP contribution in [0.15, 0.2) is 0 Å². The molecule has 1 aromatic rings. The summed E-state index contributed by atoms with van der Waals surface area (Å²) in [5.74, 6) is -0.905. The second-order valence-electron chi connectivity index (χ2n) is 4.84. The van der Waals surface area contributed by atoms with Crippen molar-refractivity contribution in [1.29, 1.82) is 0 Å². The molecule has 1 unspecified atom stereocenters. The number of rotatable bonds is 7. The van der Waals surface area contributed by atoms with Gasteiger partial charge >= 0.3 is 5.97 Å². The molecule has 2 N–H and O–H groups in total. The molecule has 0 saturated heterocycles. The van der Waals surface area contributed by atoms with Crippen LogP contribution in [0.2, 0.25) is 0 Å². The number of amides is 1. The third-order valence-corrected chi connectivity index (χ3v) is 3.89. The maximum atomic E-state index is 12.1. The van der Waals surface area contributed by atoms with Gasteiger partial charge in [-0.3, -0.25) is 4.79 Å². The summed E-state index contributed by atoms with van der Waals surface area (Å²) in [6.07, 6.45) is 4.18. The highest BCUT2D eigenvalue weighted by molar-refractivity contribution is 7.08. The molecule has 0 aliphatic heterocycles. The molecular weight excluding hydrogens is 266 g/mol. The van der Waals surface area contributed by atoms with Gasteiger partial charge in [-0.05, 0) is 30.3 Å². The number of carbonyl (C=O) groups excluding carboxylic acids is 1. The van der Waals surface area contributed by atoms with Crippen molar-refractivity contribution in [2.75, 3.05) is 0 Å². The van der Waals surface area contributed by atoms with Crippen LogP contribution in [-0.2, 0) is 11.2 Å². The van der Waals surface area contributed by atoms with E-state index in [-0.39, 0.29) is 5.91 Å². The molecule has 1 aliphatic carbocycles. The number of carboxylic acid groups (broad SMARTS) is 1. The van der Waals surface area contributed by atoms with E-state index in [2.05, 4.69) is 14.9 Å². The molecule has 0 aromatic carbocycles. The second-order valence-corrected chi connectivity index (χ2v) is 5.60. The van der Waals surface area contributed by atoms with Crippen LogP contribution < -0.4 is 5.32 Å². The zero-order valence-electron chi connectivity index (χ0n) is 10.8. The van der Waals surface area contributed by atoms with Gasteiger partial charge in [-0.1, -0.05) is 30.7 Å². The van der Waals surface area contributed by atoms with Crippen LogP contribution >= 0.6 is 11.5 Å². The molecule has 1 saturated carbocycles. The van der Waals surface area contributed by atoms with Crippen LogP contribution in [0.3, 0.4) is 0 Å². The fourth-order valence-corrected chi connectivity index (χ4v) is 2.52. The predicted octanol–water partition coefficient (Wildman–Crippen LogP) is 1.47. The van der Waals surface area contributed by atoms with Gasteiger partial charge in [0.1, 0.15) is 10.9 Å². The van der Waals surface area contributed by atoms with Gasteiger partial charge in [0.05, 0.1) is 5.69 Å². The monoisotopic (exact) mass is 283 g/mol. The van der Waals surface area contributed by atoms with Crippen LogP contribution in [0.4, 0.5) is 0 Å². The van der Waals surface area contributed by atoms with Gasteiger partial charge in [0.2, 0.25) is 0 Å². The minimum absolute atomic E-state index is 0.369. The Bertz CT molecular complexity index is 471. The van der Waals surface area contributed by atoms with Crippen LogP contribution in [-0.4, -0.2) is 32.6 Å². The molecule has 0 radical (unpaired) electrons. The molecule has 1 heterocycles. The molecule has 6 nitrogen and oxygen atoms in total. The van der Waals surface area contributed by atoms with Crippen molar-refractivity contribution >= 4 is 23.4 Å². The highest BCUT2D eigenvalue weighted by atomic mass is 32.1. The molecule has 0 spiro atoms. The number of aryl methyl sites for hydroxylation is 1. The van der Waals surface area contributed by atoms with E-state index in [1.165, 1.54) is 0 Å². The van der Waals surface area contributed by atoms with Crippen molar-refractivity contribution in [2.24, 2.45) is 5.92 Å². The van der Waals surface area contributed by atoms with E-state index in [1.807, 2.05) is 6.92 Å². The smallest absolute Gasteiger partial charge is 0.326 e. The van der Waals surface area contributed by atoms with Gasteiger partial charge in [0, 0.05) is 0 Å². The lowest BCUT2D eigenvalue weighted by atomic mass is 10.1. The summed E-state index contributed by atoms with van der Waals surface area (Å²) in [5, 5.41) is 15.6. The first-order valence-electron chi connectivity index (χ1n) is 6.46. The number of aromatic nitrogens is 2. The van der Waals surface area contributed by atoms with Crippen molar-refractivity contribution in [3.63, 3.8) is 0 Å². The molecule has 1 aromatic heterocycles. The lowest BCUT2D eigenvalue weighted by molar-refractivity contribution is -0.139. The first-order chi connectivity index (χ1) is 9.11. The maximum absolute atomic E-state index is 12.1. The Kier molecular flexibility index (Phi) is 4.47. The SMILES string of the molecule is CCCc1nnsc1C(=O)NC(CC1CC1)C(=O)O. The van der Waals surface area contributed by atoms with Crippen LogP contribution in [0.25, 0.3) is 0 Å². The summed E-state index contributed by atoms with van der Waals surface area (Å²) in [5.41, 5.74) is 0.653. The summed E-state index contributed by atoms with van der Waals surface area (Å²) in [6, 6.07) is -0.809. The van der Waals surface area contributed by atoms with Gasteiger partial charge in [-0.15, -0.1) is 5.10 Å². The van der Waals surface area contributed by atoms with Gasteiger partial charge < -0.3 is 10.4 Å². The normalized spacial score (nSPS) is 16.1. The average Bonchev–Trinajstić information content (AvgIpc) is 3.05. The molecule has 0 bridgehead atoms. The summed E-state index contributed by atoms with van der Waals surface area (Å²) in [6.45, 7) is 1.99. The Hall–Kier alpha value is -1.50. The molecule has 1 atom stereocenters. The van der Waals surface area contributed by atoms with Crippen LogP contribution in [0.5, 0.6) is 0 Å². The van der Waals surface area contributed by atoms with E-state index in [9.17, 15) is 9.59 Å². The molecular formula is C12H17N3O3S. The third kappa shape index (κ3) is 3.73. The second kappa shape index (κ2) is 6.10. The van der Waals surface area contributed by atoms with Gasteiger partial charge in [0.25, 0.3) is 5.91 Å². The molecule has 1 aliphatic rings. The number of nitrogens with one attached hydrogen (secondary N) is 1. The topological polar surface area (TPSA) is 92.2 Å². The van der Waals surface area contributed by atoms with Crippen LogP contribution in [0, 0.1) is 5.92 Å². The largest absolute Gasteiger partial charge is 0.480 e. The summed E-state index contributed by atoms with van der Waals surface area (Å²) < 4.78 is 3.77. The summed E-state index contributed by atoms with van der Waals surface area (Å²) in [4.78, 5) is 23.6. The fourth-order valence-electron chi connectivity index (χ4n) is 1.91. The standard InChI is InChI=1S/C12H17N3O3S/c1-2-3-8-10(19-15-14-8)11(16)13-9(12(17)18)6-7-4-5-7/h7,9H,2-6H2,1H3,(H,13,16)(H,17,18). The Morgan fingerprint density at radius 3 is 2.84 bits per heavy atom. The highest BCUT2D eigenvalue weighted by Gasteiger charge is 2.31. The van der Waals surface area contributed by atoms with Crippen molar-refractivity contribution in [3.8, 4) is 0 Å². The lowest BCUT2D eigenvalue weighted by Crippen LogP contribution is -2.41. The lowest BCUT2D eigenvalue weighted by Gasteiger charge is -2.13. The number of hydrogen-bond acceptors (Lipinski definition) is 5. The van der Waals surface area contributed by atoms with Crippen LogP contribution in [0.1, 0.15) is 48.0 Å². The van der Waals surface area contributed by atoms with Crippen molar-refractivity contribution < 1.29 is 14.7 Å². The number of nitrogens with zero attached hydrogens (tertiary/aromatic N) is 2. The van der Waals surface area contributed by atoms with Crippen molar-refractivity contribution in [3.05, 3.63) is 10.6 Å². The minimum atomic E-state index is -0.977. The Balaban J connectivity index is 2.01. The summed E-state index contributed by atoms with van der Waals surface area (Å²) >= 11 is 1.02. The van der Waals surface area contributed by atoms with E-state index in [0.29, 0.717) is 29.3 Å². The number of hydrogen-bond donors (Lipinski definition) is 2. The molecule has 1 fully saturated rings. The first-order valence-corrected chi connectivity index (χ1v) is 7.24. The van der Waals surface area contributed by atoms with E-state index in [1.54, 1.807) is 0 Å². The minimum Gasteiger partial charge on any atom is -0.480 e. The van der Waals surface area contributed by atoms with E-state index in [0.717, 1.165) is 30.8 Å². The van der Waals surface area contributed by atoms with Crippen molar-refractivity contribution in [1.82, 2.24) is 14.9 Å². The van der Waals surface area contributed by atoms with E-state index >= 15 is 0 Å². The van der Waals surface area contributed by atoms with Crippen molar-refractivity contribution in [2.45, 2.75) is 45.1 Å².